The molecule has 29 heavy (non-hydrogen) atoms. The number of amides is 1. The largest absolute Gasteiger partial charge is 0.481 e. The van der Waals surface area contributed by atoms with E-state index in [0.717, 1.165) is 12.3 Å². The third-order valence-corrected chi connectivity index (χ3v) is 4.20. The first-order valence-corrected chi connectivity index (χ1v) is 8.81. The summed E-state index contributed by atoms with van der Waals surface area (Å²) in [6.07, 6.45) is -4.38. The van der Waals surface area contributed by atoms with E-state index in [1.165, 1.54) is 0 Å². The first-order valence-electron chi connectivity index (χ1n) is 8.81. The number of hydrogen-bond donors (Lipinski definition) is 4. The van der Waals surface area contributed by atoms with Crippen molar-refractivity contribution in [3.8, 4) is 0 Å². The molecule has 13 heteroatoms. The number of hydrogen-bond acceptors (Lipinski definition) is 8. The van der Waals surface area contributed by atoms with Crippen molar-refractivity contribution in [3.05, 3.63) is 22.7 Å². The predicted molar refractivity (Wildman–Crippen MR) is 93.2 cm³/mol. The zero-order valence-electron chi connectivity index (χ0n) is 15.3. The van der Waals surface area contributed by atoms with Crippen LogP contribution in [-0.4, -0.2) is 63.1 Å². The highest BCUT2D eigenvalue weighted by Crippen LogP contribution is 2.42. The molecule has 0 bridgehead atoms. The van der Waals surface area contributed by atoms with Gasteiger partial charge in [-0.25, -0.2) is 9.59 Å². The fourth-order valence-corrected chi connectivity index (χ4v) is 2.69. The second-order valence-electron chi connectivity index (χ2n) is 6.42. The summed E-state index contributed by atoms with van der Waals surface area (Å²) < 4.78 is 39.0. The number of carbonyl (C=O) groups excluding carboxylic acids is 1. The maximum Gasteiger partial charge on any atom is 0.407 e. The maximum absolute atomic E-state index is 14.3. The van der Waals surface area contributed by atoms with Crippen molar-refractivity contribution in [1.29, 1.82) is 0 Å². The minimum Gasteiger partial charge on any atom is -0.481 e. The number of carbonyl (C=O) groups is 2. The number of anilines is 1. The van der Waals surface area contributed by atoms with Crippen LogP contribution in [0.5, 0.6) is 0 Å². The fraction of sp³-hybridized carbons (Fsp3) is 0.625. The Labute approximate surface area is 163 Å². The molecule has 162 valence electrons. The van der Waals surface area contributed by atoms with Crippen molar-refractivity contribution in [3.63, 3.8) is 0 Å². The Morgan fingerprint density at radius 1 is 1.38 bits per heavy atom. The molecular formula is C16H22F2N4O7. The Balaban J connectivity index is 1.83. The highest BCUT2D eigenvalue weighted by molar-refractivity contribution is 5.67. The Hall–Kier alpha value is -2.80. The number of carboxylic acids is 1. The van der Waals surface area contributed by atoms with Gasteiger partial charge in [0.1, 0.15) is 18.5 Å². The molecule has 1 fully saturated rings. The van der Waals surface area contributed by atoms with Gasteiger partial charge in [-0.15, -0.1) is 0 Å². The van der Waals surface area contributed by atoms with Gasteiger partial charge in [0.05, 0.1) is 0 Å². The van der Waals surface area contributed by atoms with E-state index in [9.17, 15) is 28.3 Å². The standard InChI is InChI=1S/C16H22F2N4O7/c17-16(18)12(25)9(29-13(16)22-7-5-10(19)21-14(22)26)8-28-15(27)20-6-3-1-2-4-11(23)24/h5,7,9,12-13,25H,1-4,6,8H2,(H,20,27)(H,23,24)(H2,19,21,26)/t9-,12?,13-/m1/s1. The summed E-state index contributed by atoms with van der Waals surface area (Å²) in [5.41, 5.74) is 4.24. The van der Waals surface area contributed by atoms with E-state index in [0.29, 0.717) is 23.8 Å². The molecule has 1 aliphatic rings. The molecule has 1 unspecified atom stereocenters. The Morgan fingerprint density at radius 3 is 2.76 bits per heavy atom. The van der Waals surface area contributed by atoms with E-state index < -0.39 is 48.7 Å². The van der Waals surface area contributed by atoms with Crippen LogP contribution < -0.4 is 16.7 Å². The van der Waals surface area contributed by atoms with Gasteiger partial charge in [-0.3, -0.25) is 9.36 Å². The number of ether oxygens (including phenoxy) is 2. The van der Waals surface area contributed by atoms with E-state index in [2.05, 4.69) is 10.3 Å². The van der Waals surface area contributed by atoms with Crippen LogP contribution in [0.15, 0.2) is 17.1 Å². The first kappa shape index (κ1) is 22.5. The minimum atomic E-state index is -3.84. The van der Waals surface area contributed by atoms with Crippen LogP contribution in [-0.2, 0) is 14.3 Å². The van der Waals surface area contributed by atoms with E-state index >= 15 is 0 Å². The number of unbranched alkanes of at least 4 members (excludes halogenated alkanes) is 2. The molecule has 3 atom stereocenters. The number of nitrogen functional groups attached to an aromatic ring is 1. The zero-order valence-corrected chi connectivity index (χ0v) is 15.3. The number of nitrogens with zero attached hydrogens (tertiary/aromatic N) is 2. The van der Waals surface area contributed by atoms with Crippen molar-refractivity contribution in [2.24, 2.45) is 0 Å². The molecule has 2 heterocycles. The lowest BCUT2D eigenvalue weighted by molar-refractivity contribution is -0.141. The van der Waals surface area contributed by atoms with Crippen molar-refractivity contribution in [1.82, 2.24) is 14.9 Å². The first-order chi connectivity index (χ1) is 13.6. The molecule has 1 aromatic rings. The summed E-state index contributed by atoms with van der Waals surface area (Å²) >= 11 is 0. The minimum absolute atomic E-state index is 0.0311. The fourth-order valence-electron chi connectivity index (χ4n) is 2.69. The number of alkyl halides is 2. The van der Waals surface area contributed by atoms with Gasteiger partial charge < -0.3 is 30.7 Å². The summed E-state index contributed by atoms with van der Waals surface area (Å²) in [7, 11) is 0. The third-order valence-electron chi connectivity index (χ3n) is 4.20. The molecule has 1 aromatic heterocycles. The molecule has 1 aliphatic heterocycles. The van der Waals surface area contributed by atoms with Crippen LogP contribution in [0.3, 0.4) is 0 Å². The molecule has 1 saturated heterocycles. The molecule has 5 N–H and O–H groups in total. The summed E-state index contributed by atoms with van der Waals surface area (Å²) in [5, 5.41) is 20.7. The number of aliphatic hydroxyl groups is 1. The zero-order chi connectivity index (χ0) is 21.6. The van der Waals surface area contributed by atoms with Gasteiger partial charge in [-0.05, 0) is 18.9 Å². The summed E-state index contributed by atoms with van der Waals surface area (Å²) in [5.74, 6) is -4.90. The van der Waals surface area contributed by atoms with Crippen LogP contribution in [0, 0.1) is 0 Å². The molecule has 0 aromatic carbocycles. The number of aromatic nitrogens is 2. The molecule has 1 amide bonds. The van der Waals surface area contributed by atoms with Gasteiger partial charge in [0.25, 0.3) is 0 Å². The smallest absolute Gasteiger partial charge is 0.407 e. The molecule has 0 aliphatic carbocycles. The van der Waals surface area contributed by atoms with Crippen molar-refractivity contribution in [2.75, 3.05) is 18.9 Å². The molecule has 11 nitrogen and oxygen atoms in total. The van der Waals surface area contributed by atoms with Crippen molar-refractivity contribution in [2.45, 2.75) is 50.0 Å². The average Bonchev–Trinajstić information content (AvgIpc) is 2.86. The van der Waals surface area contributed by atoms with Gasteiger partial charge in [0.15, 0.2) is 6.10 Å². The SMILES string of the molecule is Nc1ccn([C@@H]2O[C@H](COC(=O)NCCCCCC(=O)O)C(O)C2(F)F)c(=O)n1. The van der Waals surface area contributed by atoms with Gasteiger partial charge >= 0.3 is 23.7 Å². The second kappa shape index (κ2) is 9.60. The number of alkyl carbamates (subject to hydrolysis) is 1. The number of halogens is 2. The van der Waals surface area contributed by atoms with Gasteiger partial charge in [-0.1, -0.05) is 6.42 Å². The molecule has 0 radical (unpaired) electrons. The number of aliphatic hydroxyl groups excluding tert-OH is 1. The highest BCUT2D eigenvalue weighted by Gasteiger charge is 2.60. The lowest BCUT2D eigenvalue weighted by atomic mass is 10.1. The Bertz CT molecular complexity index is 789. The normalized spacial score (nSPS) is 22.9. The summed E-state index contributed by atoms with van der Waals surface area (Å²) in [6, 6.07) is 1.13. The van der Waals surface area contributed by atoms with Crippen LogP contribution in [0.25, 0.3) is 0 Å². The van der Waals surface area contributed by atoms with Crippen LogP contribution in [0.2, 0.25) is 0 Å². The third kappa shape index (κ3) is 5.84. The highest BCUT2D eigenvalue weighted by atomic mass is 19.3. The molecule has 0 spiro atoms. The van der Waals surface area contributed by atoms with E-state index in [-0.39, 0.29) is 18.8 Å². The lowest BCUT2D eigenvalue weighted by Gasteiger charge is -2.20. The van der Waals surface area contributed by atoms with E-state index in [1.807, 2.05) is 0 Å². The van der Waals surface area contributed by atoms with Gasteiger partial charge in [0.2, 0.25) is 6.23 Å². The molecule has 0 saturated carbocycles. The van der Waals surface area contributed by atoms with Crippen LogP contribution >= 0.6 is 0 Å². The Morgan fingerprint density at radius 2 is 2.10 bits per heavy atom. The number of carboxylic acid groups (broad SMARTS) is 1. The quantitative estimate of drug-likeness (QED) is 0.405. The van der Waals surface area contributed by atoms with E-state index in [1.54, 1.807) is 0 Å². The predicted octanol–water partition coefficient (Wildman–Crippen LogP) is 0.0903. The monoisotopic (exact) mass is 420 g/mol. The molecule has 2 rings (SSSR count). The van der Waals surface area contributed by atoms with Gasteiger partial charge in [0, 0.05) is 19.2 Å². The number of nitrogens with one attached hydrogen (secondary N) is 1. The number of aliphatic carboxylic acids is 1. The van der Waals surface area contributed by atoms with E-state index in [4.69, 9.17) is 20.3 Å². The average molecular weight is 420 g/mol. The Kier molecular flexibility index (Phi) is 7.45. The van der Waals surface area contributed by atoms with Crippen molar-refractivity contribution < 1.29 is 38.1 Å². The summed E-state index contributed by atoms with van der Waals surface area (Å²) in [4.78, 5) is 37.1. The number of nitrogens with two attached hydrogens (primary N) is 1. The molecular weight excluding hydrogens is 398 g/mol. The topological polar surface area (TPSA) is 166 Å². The van der Waals surface area contributed by atoms with Crippen LogP contribution in [0.1, 0.15) is 31.9 Å². The number of rotatable bonds is 9. The second-order valence-corrected chi connectivity index (χ2v) is 6.42. The summed E-state index contributed by atoms with van der Waals surface area (Å²) in [6.45, 7) is -0.465. The van der Waals surface area contributed by atoms with Gasteiger partial charge in [-0.2, -0.15) is 13.8 Å². The lowest BCUT2D eigenvalue weighted by Crippen LogP contribution is -2.42. The van der Waals surface area contributed by atoms with Crippen LogP contribution in [0.4, 0.5) is 19.4 Å². The maximum atomic E-state index is 14.3. The van der Waals surface area contributed by atoms with Crippen molar-refractivity contribution >= 4 is 17.9 Å².